The molecule has 2 saturated heterocycles. The average molecular weight is 337 g/mol. The van der Waals surface area contributed by atoms with Gasteiger partial charge in [-0.1, -0.05) is 18.0 Å². The minimum Gasteiger partial charge on any atom is -0.368 e. The van der Waals surface area contributed by atoms with Crippen LogP contribution in [-0.4, -0.2) is 53.6 Å². The first kappa shape index (κ1) is 16.6. The zero-order chi connectivity index (χ0) is 16.2. The van der Waals surface area contributed by atoms with Gasteiger partial charge in [0.05, 0.1) is 0 Å². The summed E-state index contributed by atoms with van der Waals surface area (Å²) in [4.78, 5) is 15.4. The molecule has 23 heavy (non-hydrogen) atoms. The molecule has 2 aliphatic rings. The summed E-state index contributed by atoms with van der Waals surface area (Å²) in [5.41, 5.74) is 1.69. The normalized spacial score (nSPS) is 19.9. The van der Waals surface area contributed by atoms with E-state index in [4.69, 9.17) is 0 Å². The molecular formula is C17H24FN3OS. The van der Waals surface area contributed by atoms with Crippen molar-refractivity contribution in [3.05, 3.63) is 29.6 Å². The Kier molecular flexibility index (Phi) is 5.43. The van der Waals surface area contributed by atoms with Crippen molar-refractivity contribution in [3.8, 4) is 0 Å². The Labute approximate surface area is 141 Å². The molecule has 1 amide bonds. The first-order valence-corrected chi connectivity index (χ1v) is 9.24. The highest BCUT2D eigenvalue weighted by molar-refractivity contribution is 7.97. The van der Waals surface area contributed by atoms with E-state index in [-0.39, 0.29) is 11.7 Å². The van der Waals surface area contributed by atoms with Gasteiger partial charge in [-0.15, -0.1) is 0 Å². The maximum Gasteiger partial charge on any atom is 0.219 e. The lowest BCUT2D eigenvalue weighted by Gasteiger charge is -2.35. The van der Waals surface area contributed by atoms with Crippen LogP contribution in [-0.2, 0) is 11.3 Å². The summed E-state index contributed by atoms with van der Waals surface area (Å²) in [7, 11) is 0. The maximum atomic E-state index is 14.4. The van der Waals surface area contributed by atoms with E-state index < -0.39 is 0 Å². The molecule has 2 heterocycles. The van der Waals surface area contributed by atoms with Crippen molar-refractivity contribution in [3.63, 3.8) is 0 Å². The van der Waals surface area contributed by atoms with Crippen LogP contribution in [0.1, 0.15) is 25.3 Å². The lowest BCUT2D eigenvalue weighted by Crippen LogP contribution is -2.48. The third-order valence-corrected chi connectivity index (χ3v) is 5.70. The summed E-state index contributed by atoms with van der Waals surface area (Å²) in [5, 5.41) is 0. The monoisotopic (exact) mass is 337 g/mol. The van der Waals surface area contributed by atoms with Crippen molar-refractivity contribution >= 4 is 23.5 Å². The Morgan fingerprint density at radius 1 is 1.17 bits per heavy atom. The molecule has 6 heteroatoms. The van der Waals surface area contributed by atoms with Gasteiger partial charge >= 0.3 is 0 Å². The van der Waals surface area contributed by atoms with Gasteiger partial charge in [0.1, 0.15) is 5.82 Å². The quantitative estimate of drug-likeness (QED) is 0.793. The molecule has 0 N–H and O–H groups in total. The number of nitrogens with zero attached hydrogens (tertiary/aromatic N) is 3. The van der Waals surface area contributed by atoms with Crippen molar-refractivity contribution in [2.24, 2.45) is 0 Å². The van der Waals surface area contributed by atoms with Gasteiger partial charge in [0.15, 0.2) is 0 Å². The standard InChI is InChI=1S/C17H24FN3OS/c1-14(22)19-7-9-20(10-8-19)16-5-4-15(17(18)12-16)13-21-6-2-3-11-23-21/h4-5,12H,2-3,6-11,13H2,1H3. The largest absolute Gasteiger partial charge is 0.368 e. The topological polar surface area (TPSA) is 26.8 Å². The molecule has 0 aromatic heterocycles. The second-order valence-corrected chi connectivity index (χ2v) is 7.36. The predicted molar refractivity (Wildman–Crippen MR) is 93.0 cm³/mol. The molecule has 0 spiro atoms. The van der Waals surface area contributed by atoms with Crippen molar-refractivity contribution in [1.29, 1.82) is 0 Å². The van der Waals surface area contributed by atoms with Gasteiger partial charge in [0.2, 0.25) is 5.91 Å². The summed E-state index contributed by atoms with van der Waals surface area (Å²) in [6.07, 6.45) is 2.46. The van der Waals surface area contributed by atoms with Crippen LogP contribution in [0.15, 0.2) is 18.2 Å². The molecule has 126 valence electrons. The van der Waals surface area contributed by atoms with Gasteiger partial charge < -0.3 is 9.80 Å². The zero-order valence-corrected chi connectivity index (χ0v) is 14.4. The van der Waals surface area contributed by atoms with Crippen LogP contribution in [0.5, 0.6) is 0 Å². The smallest absolute Gasteiger partial charge is 0.219 e. The highest BCUT2D eigenvalue weighted by Gasteiger charge is 2.20. The first-order chi connectivity index (χ1) is 11.1. The van der Waals surface area contributed by atoms with Crippen LogP contribution in [0.2, 0.25) is 0 Å². The van der Waals surface area contributed by atoms with Crippen LogP contribution >= 0.6 is 11.9 Å². The second kappa shape index (κ2) is 7.53. The lowest BCUT2D eigenvalue weighted by atomic mass is 10.1. The van der Waals surface area contributed by atoms with Crippen molar-refractivity contribution in [2.45, 2.75) is 26.3 Å². The molecule has 0 saturated carbocycles. The SMILES string of the molecule is CC(=O)N1CCN(c2ccc(CN3CCCCS3)c(F)c2)CC1. The van der Waals surface area contributed by atoms with Gasteiger partial charge in [-0.25, -0.2) is 8.70 Å². The molecule has 2 fully saturated rings. The fourth-order valence-corrected chi connectivity index (χ4v) is 4.18. The number of hydrogen-bond acceptors (Lipinski definition) is 4. The van der Waals surface area contributed by atoms with E-state index in [9.17, 15) is 9.18 Å². The molecular weight excluding hydrogens is 313 g/mol. The number of rotatable bonds is 3. The molecule has 2 aliphatic heterocycles. The number of piperazine rings is 1. The highest BCUT2D eigenvalue weighted by atomic mass is 32.2. The molecule has 1 aromatic carbocycles. The Hall–Kier alpha value is -1.27. The zero-order valence-electron chi connectivity index (χ0n) is 13.6. The number of carbonyl (C=O) groups is 1. The fourth-order valence-electron chi connectivity index (χ4n) is 3.10. The van der Waals surface area contributed by atoms with Gasteiger partial charge in [0, 0.05) is 63.2 Å². The summed E-state index contributed by atoms with van der Waals surface area (Å²) >= 11 is 1.82. The minimum atomic E-state index is -0.123. The number of halogens is 1. The Morgan fingerprint density at radius 3 is 2.57 bits per heavy atom. The Morgan fingerprint density at radius 2 is 1.96 bits per heavy atom. The number of amides is 1. The molecule has 4 nitrogen and oxygen atoms in total. The summed E-state index contributed by atoms with van der Waals surface area (Å²) < 4.78 is 16.7. The summed E-state index contributed by atoms with van der Waals surface area (Å²) in [5.74, 6) is 1.13. The van der Waals surface area contributed by atoms with E-state index in [0.29, 0.717) is 19.6 Å². The third-order valence-electron chi connectivity index (χ3n) is 4.55. The van der Waals surface area contributed by atoms with E-state index in [2.05, 4.69) is 9.21 Å². The fraction of sp³-hybridized carbons (Fsp3) is 0.588. The van der Waals surface area contributed by atoms with Crippen LogP contribution in [0.25, 0.3) is 0 Å². The number of carbonyl (C=O) groups excluding carboxylic acids is 1. The molecule has 1 aromatic rings. The van der Waals surface area contributed by atoms with Crippen LogP contribution in [0.3, 0.4) is 0 Å². The molecule has 0 atom stereocenters. The highest BCUT2D eigenvalue weighted by Crippen LogP contribution is 2.25. The van der Waals surface area contributed by atoms with Crippen molar-refractivity contribution < 1.29 is 9.18 Å². The molecule has 0 bridgehead atoms. The van der Waals surface area contributed by atoms with E-state index in [1.54, 1.807) is 13.0 Å². The van der Waals surface area contributed by atoms with E-state index in [1.807, 2.05) is 29.0 Å². The number of anilines is 1. The first-order valence-electron chi connectivity index (χ1n) is 8.30. The van der Waals surface area contributed by atoms with E-state index in [0.717, 1.165) is 36.6 Å². The third kappa shape index (κ3) is 4.18. The van der Waals surface area contributed by atoms with Gasteiger partial charge in [0.25, 0.3) is 0 Å². The van der Waals surface area contributed by atoms with Gasteiger partial charge in [-0.3, -0.25) is 4.79 Å². The van der Waals surface area contributed by atoms with E-state index in [1.165, 1.54) is 12.8 Å². The number of benzene rings is 1. The van der Waals surface area contributed by atoms with Crippen LogP contribution in [0, 0.1) is 5.82 Å². The minimum absolute atomic E-state index is 0.116. The van der Waals surface area contributed by atoms with Crippen LogP contribution < -0.4 is 4.90 Å². The summed E-state index contributed by atoms with van der Waals surface area (Å²) in [6, 6.07) is 5.57. The van der Waals surface area contributed by atoms with Gasteiger partial charge in [-0.2, -0.15) is 0 Å². The number of hydrogen-bond donors (Lipinski definition) is 0. The van der Waals surface area contributed by atoms with Crippen molar-refractivity contribution in [1.82, 2.24) is 9.21 Å². The Balaban J connectivity index is 1.61. The average Bonchev–Trinajstić information content (AvgIpc) is 2.58. The molecule has 0 aliphatic carbocycles. The Bertz CT molecular complexity index is 555. The van der Waals surface area contributed by atoms with Gasteiger partial charge in [-0.05, 0) is 25.0 Å². The second-order valence-electron chi connectivity index (χ2n) is 6.17. The molecule has 3 rings (SSSR count). The maximum absolute atomic E-state index is 14.4. The molecule has 0 unspecified atom stereocenters. The van der Waals surface area contributed by atoms with Crippen LogP contribution in [0.4, 0.5) is 10.1 Å². The molecule has 0 radical (unpaired) electrons. The lowest BCUT2D eigenvalue weighted by molar-refractivity contribution is -0.129. The van der Waals surface area contributed by atoms with E-state index >= 15 is 0 Å². The van der Waals surface area contributed by atoms with Crippen molar-refractivity contribution in [2.75, 3.05) is 43.4 Å². The summed E-state index contributed by atoms with van der Waals surface area (Å²) in [6.45, 7) is 6.27. The predicted octanol–water partition coefficient (Wildman–Crippen LogP) is 2.74.